The highest BCUT2D eigenvalue weighted by atomic mass is 19.4. The lowest BCUT2D eigenvalue weighted by Gasteiger charge is -2.00. The number of halogens is 3. The average Bonchev–Trinajstić information content (AvgIpc) is 1.58. The molecule has 0 unspecified atom stereocenters. The van der Waals surface area contributed by atoms with Crippen molar-refractivity contribution in [1.82, 2.24) is 0 Å². The maximum Gasteiger partial charge on any atom is 0.402 e. The SMILES string of the molecule is NC(=O)O.NCCC(F)(F)F. The van der Waals surface area contributed by atoms with Gasteiger partial charge in [0.2, 0.25) is 0 Å². The first-order valence-corrected chi connectivity index (χ1v) is 2.55. The lowest BCUT2D eigenvalue weighted by atomic mass is 10.4. The van der Waals surface area contributed by atoms with E-state index in [0.29, 0.717) is 0 Å². The maximum absolute atomic E-state index is 11.0. The van der Waals surface area contributed by atoms with Crippen LogP contribution in [0.15, 0.2) is 0 Å². The number of carbonyl (C=O) groups is 1. The van der Waals surface area contributed by atoms with Crippen LogP contribution >= 0.6 is 0 Å². The Bertz CT molecular complexity index is 110. The van der Waals surface area contributed by atoms with E-state index in [1.165, 1.54) is 0 Å². The van der Waals surface area contributed by atoms with Gasteiger partial charge >= 0.3 is 12.3 Å². The molecular formula is C4H9F3N2O2. The van der Waals surface area contributed by atoms with Crippen molar-refractivity contribution >= 4 is 6.09 Å². The van der Waals surface area contributed by atoms with Gasteiger partial charge in [0.05, 0.1) is 6.42 Å². The standard InChI is InChI=1S/C3H6F3N.CH3NO2/c4-3(5,6)1-2-7;2-1(3)4/h1-2,7H2;2H2,(H,3,4). The molecule has 5 N–H and O–H groups in total. The molecule has 4 nitrogen and oxygen atoms in total. The number of amides is 1. The van der Waals surface area contributed by atoms with Crippen LogP contribution in [0.25, 0.3) is 0 Å². The fraction of sp³-hybridized carbons (Fsp3) is 0.750. The Balaban J connectivity index is 0. The van der Waals surface area contributed by atoms with Crippen molar-refractivity contribution in [2.24, 2.45) is 11.5 Å². The zero-order valence-electron chi connectivity index (χ0n) is 5.56. The molecule has 7 heteroatoms. The topological polar surface area (TPSA) is 89.3 Å². The van der Waals surface area contributed by atoms with Gasteiger partial charge in [-0.3, -0.25) is 0 Å². The first kappa shape index (κ1) is 12.7. The summed E-state index contributed by atoms with van der Waals surface area (Å²) in [6, 6.07) is 0. The molecule has 0 aromatic rings. The van der Waals surface area contributed by atoms with E-state index in [1.807, 2.05) is 0 Å². The Kier molecular flexibility index (Phi) is 6.66. The molecule has 0 aliphatic heterocycles. The number of primary amides is 1. The number of carboxylic acid groups (broad SMARTS) is 1. The number of hydrogen-bond acceptors (Lipinski definition) is 2. The Morgan fingerprint density at radius 3 is 1.73 bits per heavy atom. The number of alkyl halides is 3. The highest BCUT2D eigenvalue weighted by molar-refractivity contribution is 5.61. The average molecular weight is 174 g/mol. The molecule has 0 saturated carbocycles. The Labute approximate surface area is 61.0 Å². The zero-order valence-corrected chi connectivity index (χ0v) is 5.56. The zero-order chi connectivity index (χ0) is 9.49. The van der Waals surface area contributed by atoms with Crippen molar-refractivity contribution in [2.75, 3.05) is 6.54 Å². The van der Waals surface area contributed by atoms with Crippen LogP contribution in [-0.4, -0.2) is 23.9 Å². The van der Waals surface area contributed by atoms with Gasteiger partial charge in [-0.2, -0.15) is 13.2 Å². The van der Waals surface area contributed by atoms with Crippen LogP contribution < -0.4 is 11.5 Å². The third-order valence-corrected chi connectivity index (χ3v) is 0.428. The second-order valence-electron chi connectivity index (χ2n) is 1.49. The summed E-state index contributed by atoms with van der Waals surface area (Å²) in [5.74, 6) is 0. The van der Waals surface area contributed by atoms with E-state index in [0.717, 1.165) is 0 Å². The van der Waals surface area contributed by atoms with Crippen LogP contribution in [0.1, 0.15) is 6.42 Å². The summed E-state index contributed by atoms with van der Waals surface area (Å²) in [6.45, 7) is -0.316. The normalized spacial score (nSPS) is 9.82. The summed E-state index contributed by atoms with van der Waals surface area (Å²) >= 11 is 0. The molecule has 0 aliphatic carbocycles. The molecule has 0 spiro atoms. The molecule has 0 radical (unpaired) electrons. The lowest BCUT2D eigenvalue weighted by molar-refractivity contribution is -0.132. The minimum atomic E-state index is -4.07. The molecule has 0 rings (SSSR count). The molecule has 0 heterocycles. The second kappa shape index (κ2) is 5.78. The van der Waals surface area contributed by atoms with Crippen LogP contribution in [0, 0.1) is 0 Å². The molecule has 0 aromatic heterocycles. The van der Waals surface area contributed by atoms with Crippen molar-refractivity contribution in [3.8, 4) is 0 Å². The molecular weight excluding hydrogens is 165 g/mol. The molecule has 0 saturated heterocycles. The Morgan fingerprint density at radius 2 is 1.73 bits per heavy atom. The van der Waals surface area contributed by atoms with E-state index in [2.05, 4.69) is 11.5 Å². The monoisotopic (exact) mass is 174 g/mol. The van der Waals surface area contributed by atoms with Gasteiger partial charge in [0.15, 0.2) is 0 Å². The predicted octanol–water partition coefficient (Wildman–Crippen LogP) is 0.521. The summed E-state index contributed by atoms with van der Waals surface area (Å²) in [5.41, 5.74) is 8.62. The third-order valence-electron chi connectivity index (χ3n) is 0.428. The van der Waals surface area contributed by atoms with E-state index < -0.39 is 18.7 Å². The maximum atomic E-state index is 11.0. The van der Waals surface area contributed by atoms with Gasteiger partial charge in [0, 0.05) is 6.54 Å². The van der Waals surface area contributed by atoms with Crippen LogP contribution in [-0.2, 0) is 0 Å². The van der Waals surface area contributed by atoms with E-state index >= 15 is 0 Å². The Morgan fingerprint density at radius 1 is 1.45 bits per heavy atom. The fourth-order valence-electron chi connectivity index (χ4n) is 0.164. The third kappa shape index (κ3) is 48.7. The van der Waals surface area contributed by atoms with E-state index in [9.17, 15) is 13.2 Å². The van der Waals surface area contributed by atoms with Crippen LogP contribution in [0.4, 0.5) is 18.0 Å². The number of nitrogens with two attached hydrogens (primary N) is 2. The molecule has 0 aromatic carbocycles. The highest BCUT2D eigenvalue weighted by Crippen LogP contribution is 2.17. The van der Waals surface area contributed by atoms with Gasteiger partial charge < -0.3 is 16.6 Å². The smallest absolute Gasteiger partial charge is 0.402 e. The van der Waals surface area contributed by atoms with Crippen molar-refractivity contribution < 1.29 is 23.1 Å². The van der Waals surface area contributed by atoms with Gasteiger partial charge in [-0.1, -0.05) is 0 Å². The minimum Gasteiger partial charge on any atom is -0.465 e. The van der Waals surface area contributed by atoms with Crippen molar-refractivity contribution in [2.45, 2.75) is 12.6 Å². The van der Waals surface area contributed by atoms with E-state index in [4.69, 9.17) is 9.90 Å². The van der Waals surface area contributed by atoms with E-state index in [1.54, 1.807) is 0 Å². The quantitative estimate of drug-likeness (QED) is 0.541. The van der Waals surface area contributed by atoms with Gasteiger partial charge in [0.25, 0.3) is 0 Å². The Hall–Kier alpha value is -0.980. The summed E-state index contributed by atoms with van der Waals surface area (Å²) < 4.78 is 32.9. The molecule has 0 bridgehead atoms. The second-order valence-corrected chi connectivity index (χ2v) is 1.49. The van der Waals surface area contributed by atoms with Crippen molar-refractivity contribution in [3.63, 3.8) is 0 Å². The highest BCUT2D eigenvalue weighted by Gasteiger charge is 2.24. The van der Waals surface area contributed by atoms with Crippen LogP contribution in [0.5, 0.6) is 0 Å². The molecule has 11 heavy (non-hydrogen) atoms. The molecule has 68 valence electrons. The summed E-state index contributed by atoms with van der Waals surface area (Å²) in [5, 5.41) is 7.19. The molecule has 0 aliphatic rings. The summed E-state index contributed by atoms with van der Waals surface area (Å²) in [7, 11) is 0. The summed E-state index contributed by atoms with van der Waals surface area (Å²) in [4.78, 5) is 8.78. The fourth-order valence-corrected chi connectivity index (χ4v) is 0.164. The lowest BCUT2D eigenvalue weighted by Crippen LogP contribution is -2.14. The van der Waals surface area contributed by atoms with Gasteiger partial charge in [0.1, 0.15) is 0 Å². The largest absolute Gasteiger partial charge is 0.465 e. The predicted molar refractivity (Wildman–Crippen MR) is 31.9 cm³/mol. The molecule has 1 amide bonds. The van der Waals surface area contributed by atoms with Gasteiger partial charge in [-0.25, -0.2) is 4.79 Å². The van der Waals surface area contributed by atoms with Gasteiger partial charge in [-0.15, -0.1) is 0 Å². The minimum absolute atomic E-state index is 0.316. The van der Waals surface area contributed by atoms with Crippen LogP contribution in [0.2, 0.25) is 0 Å². The molecule has 0 atom stereocenters. The van der Waals surface area contributed by atoms with Crippen molar-refractivity contribution in [3.05, 3.63) is 0 Å². The van der Waals surface area contributed by atoms with Gasteiger partial charge in [-0.05, 0) is 0 Å². The summed E-state index contributed by atoms with van der Waals surface area (Å²) in [6.07, 6.45) is -6.29. The van der Waals surface area contributed by atoms with Crippen molar-refractivity contribution in [1.29, 1.82) is 0 Å². The van der Waals surface area contributed by atoms with E-state index in [-0.39, 0.29) is 6.54 Å². The number of rotatable bonds is 1. The first-order valence-electron chi connectivity index (χ1n) is 2.55. The molecule has 0 fully saturated rings. The first-order chi connectivity index (χ1) is 4.79. The van der Waals surface area contributed by atoms with Crippen LogP contribution in [0.3, 0.4) is 0 Å². The number of hydrogen-bond donors (Lipinski definition) is 3.